The molecule has 1 aliphatic rings. The lowest BCUT2D eigenvalue weighted by Gasteiger charge is -2.33. The van der Waals surface area contributed by atoms with Crippen LogP contribution in [0.1, 0.15) is 78.1 Å². The fourth-order valence-electron chi connectivity index (χ4n) is 3.63. The summed E-state index contributed by atoms with van der Waals surface area (Å²) in [5, 5.41) is 5.94. The van der Waals surface area contributed by atoms with Crippen LogP contribution in [0.25, 0.3) is 0 Å². The fourth-order valence-corrected chi connectivity index (χ4v) is 3.63. The molecule has 1 atom stereocenters. The minimum Gasteiger partial charge on any atom is -0.370 e. The Morgan fingerprint density at radius 1 is 1.11 bits per heavy atom. The number of rotatable bonds is 6. The van der Waals surface area contributed by atoms with Crippen LogP contribution in [0.3, 0.4) is 0 Å². The minimum absolute atomic E-state index is 0.0187. The van der Waals surface area contributed by atoms with E-state index in [4.69, 9.17) is 11.5 Å². The van der Waals surface area contributed by atoms with Crippen molar-refractivity contribution in [2.45, 2.75) is 83.6 Å². The third-order valence-electron chi connectivity index (χ3n) is 5.56. The second-order valence-electron chi connectivity index (χ2n) is 7.57. The Bertz CT molecular complexity index is 554. The van der Waals surface area contributed by atoms with E-state index in [-0.39, 0.29) is 30.0 Å². The highest BCUT2D eigenvalue weighted by Crippen LogP contribution is 2.24. The zero-order chi connectivity index (χ0) is 21.0. The molecule has 28 heavy (non-hydrogen) atoms. The summed E-state index contributed by atoms with van der Waals surface area (Å²) in [6.45, 7) is 4.82. The Balaban J connectivity index is 2.95. The van der Waals surface area contributed by atoms with Crippen LogP contribution in [0.2, 0.25) is 0 Å². The van der Waals surface area contributed by atoms with Crippen molar-refractivity contribution >= 4 is 23.6 Å². The summed E-state index contributed by atoms with van der Waals surface area (Å²) in [4.78, 5) is 42.1. The number of hydrogen-bond donors (Lipinski definition) is 4. The van der Waals surface area contributed by atoms with E-state index in [2.05, 4.69) is 15.6 Å². The van der Waals surface area contributed by atoms with Gasteiger partial charge in [0, 0.05) is 31.8 Å². The summed E-state index contributed by atoms with van der Waals surface area (Å²) in [6, 6.07) is 0. The standard InChI is InChI=1S/C20H37N5O3/c1-3-20(4-2)16(26)14-15(10-9-13-24-19(21)22)18(28)23-12-8-6-5-7-11-17(27)25-20/h15H,3-14H2,1-2H3,(H,23,28)(H,25,27)(H4,21,22,24)/t15-/m1/s1. The van der Waals surface area contributed by atoms with Crippen molar-refractivity contribution in [1.29, 1.82) is 0 Å². The van der Waals surface area contributed by atoms with Gasteiger partial charge in [-0.2, -0.15) is 0 Å². The Labute approximate surface area is 168 Å². The third kappa shape index (κ3) is 7.86. The number of nitrogens with two attached hydrogens (primary N) is 2. The predicted molar refractivity (Wildman–Crippen MR) is 111 cm³/mol. The topological polar surface area (TPSA) is 140 Å². The van der Waals surface area contributed by atoms with E-state index in [1.165, 1.54) is 0 Å². The highest BCUT2D eigenvalue weighted by Gasteiger charge is 2.38. The van der Waals surface area contributed by atoms with Gasteiger partial charge >= 0.3 is 0 Å². The van der Waals surface area contributed by atoms with Crippen LogP contribution in [0.5, 0.6) is 0 Å². The molecule has 0 aromatic carbocycles. The monoisotopic (exact) mass is 395 g/mol. The zero-order valence-corrected chi connectivity index (χ0v) is 17.4. The molecule has 1 aliphatic heterocycles. The summed E-state index contributed by atoms with van der Waals surface area (Å²) in [6.07, 6.45) is 6.26. The first-order chi connectivity index (χ1) is 13.3. The van der Waals surface area contributed by atoms with Gasteiger partial charge in [0.2, 0.25) is 11.8 Å². The molecule has 6 N–H and O–H groups in total. The van der Waals surface area contributed by atoms with E-state index in [1.807, 2.05) is 13.8 Å². The second kappa shape index (κ2) is 12.4. The van der Waals surface area contributed by atoms with Gasteiger partial charge in [0.05, 0.1) is 5.54 Å². The van der Waals surface area contributed by atoms with Crippen LogP contribution in [0.15, 0.2) is 4.99 Å². The first kappa shape index (κ1) is 23.9. The smallest absolute Gasteiger partial charge is 0.223 e. The summed E-state index contributed by atoms with van der Waals surface area (Å²) >= 11 is 0. The Morgan fingerprint density at radius 3 is 2.43 bits per heavy atom. The Morgan fingerprint density at radius 2 is 1.79 bits per heavy atom. The van der Waals surface area contributed by atoms with Crippen molar-refractivity contribution < 1.29 is 14.4 Å². The van der Waals surface area contributed by atoms with Gasteiger partial charge in [-0.1, -0.05) is 26.7 Å². The van der Waals surface area contributed by atoms with Crippen molar-refractivity contribution in [3.8, 4) is 0 Å². The van der Waals surface area contributed by atoms with Crippen LogP contribution in [0, 0.1) is 5.92 Å². The molecule has 0 spiro atoms. The lowest BCUT2D eigenvalue weighted by molar-refractivity contribution is -0.135. The molecule has 1 fully saturated rings. The molecule has 0 saturated carbocycles. The first-order valence-electron chi connectivity index (χ1n) is 10.5. The number of nitrogens with zero attached hydrogens (tertiary/aromatic N) is 1. The van der Waals surface area contributed by atoms with Crippen molar-refractivity contribution in [2.24, 2.45) is 22.4 Å². The van der Waals surface area contributed by atoms with Gasteiger partial charge in [-0.05, 0) is 38.5 Å². The maximum Gasteiger partial charge on any atom is 0.223 e. The number of hydrogen-bond acceptors (Lipinski definition) is 4. The fraction of sp³-hybridized carbons (Fsp3) is 0.800. The molecule has 1 heterocycles. The van der Waals surface area contributed by atoms with Gasteiger partial charge < -0.3 is 22.1 Å². The number of aliphatic imine (C=N–C) groups is 1. The van der Waals surface area contributed by atoms with E-state index in [0.29, 0.717) is 45.2 Å². The highest BCUT2D eigenvalue weighted by atomic mass is 16.2. The van der Waals surface area contributed by atoms with Gasteiger partial charge in [0.15, 0.2) is 11.7 Å². The highest BCUT2D eigenvalue weighted by molar-refractivity contribution is 5.95. The molecular formula is C20H37N5O3. The van der Waals surface area contributed by atoms with Crippen LogP contribution >= 0.6 is 0 Å². The molecule has 0 bridgehead atoms. The van der Waals surface area contributed by atoms with Gasteiger partial charge in [0.25, 0.3) is 0 Å². The lowest BCUT2D eigenvalue weighted by atomic mass is 9.81. The molecule has 1 rings (SSSR count). The first-order valence-corrected chi connectivity index (χ1v) is 10.5. The average molecular weight is 396 g/mol. The molecular weight excluding hydrogens is 358 g/mol. The summed E-state index contributed by atoms with van der Waals surface area (Å²) < 4.78 is 0. The van der Waals surface area contributed by atoms with Crippen molar-refractivity contribution in [3.05, 3.63) is 0 Å². The molecule has 0 unspecified atom stereocenters. The predicted octanol–water partition coefficient (Wildman–Crippen LogP) is 1.37. The second-order valence-corrected chi connectivity index (χ2v) is 7.57. The van der Waals surface area contributed by atoms with Crippen molar-refractivity contribution in [1.82, 2.24) is 10.6 Å². The lowest BCUT2D eigenvalue weighted by Crippen LogP contribution is -2.54. The number of Topliss-reactive ketones (excluding diaryl/α,β-unsaturated/α-hetero) is 1. The Kier molecular flexibility index (Phi) is 10.6. The molecule has 0 aromatic heterocycles. The Hall–Kier alpha value is -2.12. The molecule has 0 aliphatic carbocycles. The van der Waals surface area contributed by atoms with E-state index >= 15 is 0 Å². The largest absolute Gasteiger partial charge is 0.370 e. The van der Waals surface area contributed by atoms with Crippen LogP contribution in [-0.4, -0.2) is 42.2 Å². The molecule has 1 saturated heterocycles. The van der Waals surface area contributed by atoms with Crippen molar-refractivity contribution in [2.75, 3.05) is 13.1 Å². The third-order valence-corrected chi connectivity index (χ3v) is 5.56. The van der Waals surface area contributed by atoms with E-state index in [1.54, 1.807) is 0 Å². The van der Waals surface area contributed by atoms with Gasteiger partial charge in [0.1, 0.15) is 0 Å². The zero-order valence-electron chi connectivity index (χ0n) is 17.4. The van der Waals surface area contributed by atoms with Crippen LogP contribution < -0.4 is 22.1 Å². The van der Waals surface area contributed by atoms with E-state index < -0.39 is 11.5 Å². The number of carbonyl (C=O) groups is 3. The molecule has 8 nitrogen and oxygen atoms in total. The number of carbonyl (C=O) groups excluding carboxylic acids is 3. The van der Waals surface area contributed by atoms with Crippen LogP contribution in [-0.2, 0) is 14.4 Å². The van der Waals surface area contributed by atoms with Gasteiger partial charge in [-0.15, -0.1) is 0 Å². The quantitative estimate of drug-likeness (QED) is 0.305. The number of guanidine groups is 1. The number of nitrogens with one attached hydrogen (secondary N) is 2. The normalized spacial score (nSPS) is 21.9. The minimum atomic E-state index is -0.903. The summed E-state index contributed by atoms with van der Waals surface area (Å²) in [5.41, 5.74) is 9.78. The average Bonchev–Trinajstić information content (AvgIpc) is 2.66. The van der Waals surface area contributed by atoms with Crippen LogP contribution in [0.4, 0.5) is 0 Å². The molecule has 160 valence electrons. The molecule has 8 heteroatoms. The summed E-state index contributed by atoms with van der Waals surface area (Å²) in [5.74, 6) is -0.695. The SMILES string of the molecule is CCC1(CC)NC(=O)CCCCCCNC(=O)[C@H](CCCN=C(N)N)CC1=O. The number of ketones is 1. The van der Waals surface area contributed by atoms with Crippen molar-refractivity contribution in [3.63, 3.8) is 0 Å². The maximum absolute atomic E-state index is 13.1. The molecule has 2 amide bonds. The van der Waals surface area contributed by atoms with E-state index in [9.17, 15) is 14.4 Å². The summed E-state index contributed by atoms with van der Waals surface area (Å²) in [7, 11) is 0. The van der Waals surface area contributed by atoms with E-state index in [0.717, 1.165) is 25.7 Å². The van der Waals surface area contributed by atoms with Gasteiger partial charge in [-0.3, -0.25) is 19.4 Å². The molecule has 0 aromatic rings. The number of amides is 2. The molecule has 0 radical (unpaired) electrons. The van der Waals surface area contributed by atoms with Gasteiger partial charge in [-0.25, -0.2) is 0 Å². The maximum atomic E-state index is 13.1.